The molecule has 0 spiro atoms. The van der Waals surface area contributed by atoms with E-state index < -0.39 is 0 Å². The zero-order chi connectivity index (χ0) is 18.9. The first-order valence-electron chi connectivity index (χ1n) is 8.76. The van der Waals surface area contributed by atoms with Crippen LogP contribution in [0.1, 0.15) is 42.9 Å². The van der Waals surface area contributed by atoms with E-state index in [1.54, 1.807) is 0 Å². The number of anilines is 1. The molecule has 0 saturated carbocycles. The number of benzene rings is 2. The normalized spacial score (nSPS) is 10.4. The van der Waals surface area contributed by atoms with Crippen LogP contribution in [0.25, 0.3) is 0 Å². The van der Waals surface area contributed by atoms with Crippen LogP contribution in [0.15, 0.2) is 42.5 Å². The van der Waals surface area contributed by atoms with Gasteiger partial charge in [-0.2, -0.15) is 0 Å². The molecule has 0 fully saturated rings. The van der Waals surface area contributed by atoms with Gasteiger partial charge in [0.25, 0.3) is 0 Å². The number of hydrogen-bond acceptors (Lipinski definition) is 3. The Balaban J connectivity index is 2.32. The second-order valence-corrected chi connectivity index (χ2v) is 7.11. The maximum Gasteiger partial charge on any atom is 0.148 e. The van der Waals surface area contributed by atoms with E-state index in [9.17, 15) is 0 Å². The Labute approximate surface area is 164 Å². The number of halogens is 1. The highest BCUT2D eigenvalue weighted by Gasteiger charge is 2.12. The number of alkyl halides is 1. The summed E-state index contributed by atoms with van der Waals surface area (Å²) in [6.07, 6.45) is 6.29. The largest absolute Gasteiger partial charge is 0.481 e. The van der Waals surface area contributed by atoms with Crippen LogP contribution < -0.4 is 10.1 Å². The Kier molecular flexibility index (Phi) is 7.74. The maximum absolute atomic E-state index is 8.70. The Bertz CT molecular complexity index is 776. The van der Waals surface area contributed by atoms with Crippen molar-refractivity contribution in [3.05, 3.63) is 59.2 Å². The van der Waals surface area contributed by atoms with Gasteiger partial charge < -0.3 is 10.1 Å². The third-order valence-electron chi connectivity index (χ3n) is 4.07. The van der Waals surface area contributed by atoms with Gasteiger partial charge in [-0.3, -0.25) is 5.41 Å². The second-order valence-electron chi connectivity index (χ2n) is 6.32. The van der Waals surface area contributed by atoms with Gasteiger partial charge in [0.2, 0.25) is 0 Å². The van der Waals surface area contributed by atoms with Crippen molar-refractivity contribution in [2.45, 2.75) is 26.2 Å². The molecule has 0 heterocycles. The maximum atomic E-state index is 8.70. The van der Waals surface area contributed by atoms with E-state index >= 15 is 0 Å². The Hall–Kier alpha value is -2.25. The quantitative estimate of drug-likeness (QED) is 0.249. The standard InChI is InChI=1S/C22H25BrN2O/c1-4-14-26-19-10-11-21(25-13-5-12-23)20(15-19)22(24)18-8-6-17(7-9-18)16(2)3/h1,6-11,15-16,24-25H,5,12-14H2,2-3H3. The van der Waals surface area contributed by atoms with E-state index in [-0.39, 0.29) is 6.61 Å². The fourth-order valence-corrected chi connectivity index (χ4v) is 2.86. The summed E-state index contributed by atoms with van der Waals surface area (Å²) in [5.41, 5.74) is 4.35. The monoisotopic (exact) mass is 412 g/mol. The first-order chi connectivity index (χ1) is 12.6. The van der Waals surface area contributed by atoms with Crippen molar-refractivity contribution in [1.82, 2.24) is 0 Å². The van der Waals surface area contributed by atoms with Crippen LogP contribution in [0, 0.1) is 17.8 Å². The Morgan fingerprint density at radius 3 is 2.58 bits per heavy atom. The molecular weight excluding hydrogens is 388 g/mol. The van der Waals surface area contributed by atoms with E-state index in [1.165, 1.54) is 5.56 Å². The molecule has 0 unspecified atom stereocenters. The van der Waals surface area contributed by atoms with Crippen molar-refractivity contribution in [2.75, 3.05) is 23.8 Å². The molecule has 0 aromatic heterocycles. The van der Waals surface area contributed by atoms with E-state index in [0.717, 1.165) is 35.1 Å². The van der Waals surface area contributed by atoms with Crippen LogP contribution in [0.4, 0.5) is 5.69 Å². The van der Waals surface area contributed by atoms with Crippen LogP contribution in [0.2, 0.25) is 0 Å². The van der Waals surface area contributed by atoms with Gasteiger partial charge in [0.05, 0.1) is 5.71 Å². The van der Waals surface area contributed by atoms with Gasteiger partial charge in [-0.15, -0.1) is 6.42 Å². The molecular formula is C22H25BrN2O. The lowest BCUT2D eigenvalue weighted by molar-refractivity contribution is 0.370. The summed E-state index contributed by atoms with van der Waals surface area (Å²) in [6, 6.07) is 13.9. The molecule has 3 nitrogen and oxygen atoms in total. The molecule has 0 bridgehead atoms. The number of ether oxygens (including phenoxy) is 1. The molecule has 0 aliphatic carbocycles. The van der Waals surface area contributed by atoms with Gasteiger partial charge in [-0.25, -0.2) is 0 Å². The highest BCUT2D eigenvalue weighted by Crippen LogP contribution is 2.26. The van der Waals surface area contributed by atoms with E-state index in [4.69, 9.17) is 16.6 Å². The minimum atomic E-state index is 0.215. The number of terminal acetylenes is 1. The van der Waals surface area contributed by atoms with Crippen molar-refractivity contribution in [3.8, 4) is 18.1 Å². The van der Waals surface area contributed by atoms with E-state index in [0.29, 0.717) is 17.4 Å². The fraction of sp³-hybridized carbons (Fsp3) is 0.318. The van der Waals surface area contributed by atoms with Gasteiger partial charge >= 0.3 is 0 Å². The summed E-state index contributed by atoms with van der Waals surface area (Å²) < 4.78 is 5.55. The molecule has 136 valence electrons. The van der Waals surface area contributed by atoms with Crippen LogP contribution in [0.5, 0.6) is 5.75 Å². The summed E-state index contributed by atoms with van der Waals surface area (Å²) in [5.74, 6) is 3.62. The summed E-state index contributed by atoms with van der Waals surface area (Å²) in [7, 11) is 0. The van der Waals surface area contributed by atoms with E-state index in [1.807, 2.05) is 30.3 Å². The van der Waals surface area contributed by atoms with Crippen LogP contribution in [-0.4, -0.2) is 24.2 Å². The van der Waals surface area contributed by atoms with Gasteiger partial charge in [0, 0.05) is 28.7 Å². The van der Waals surface area contributed by atoms with Gasteiger partial charge in [-0.05, 0) is 36.1 Å². The Morgan fingerprint density at radius 2 is 1.96 bits per heavy atom. The molecule has 26 heavy (non-hydrogen) atoms. The first-order valence-corrected chi connectivity index (χ1v) is 9.88. The summed E-state index contributed by atoms with van der Waals surface area (Å²) in [4.78, 5) is 0. The van der Waals surface area contributed by atoms with Crippen molar-refractivity contribution >= 4 is 27.3 Å². The molecule has 0 amide bonds. The minimum Gasteiger partial charge on any atom is -0.481 e. The highest BCUT2D eigenvalue weighted by molar-refractivity contribution is 9.09. The molecule has 0 radical (unpaired) electrons. The SMILES string of the molecule is C#CCOc1ccc(NCCCBr)c(C(=N)c2ccc(C(C)C)cc2)c1. The second kappa shape index (κ2) is 10.0. The zero-order valence-electron chi connectivity index (χ0n) is 15.3. The first kappa shape index (κ1) is 20.1. The number of rotatable bonds is 9. The smallest absolute Gasteiger partial charge is 0.148 e. The van der Waals surface area contributed by atoms with Crippen LogP contribution in [0.3, 0.4) is 0 Å². The summed E-state index contributed by atoms with van der Waals surface area (Å²) in [6.45, 7) is 5.38. The molecule has 2 aromatic carbocycles. The van der Waals surface area contributed by atoms with Gasteiger partial charge in [0.1, 0.15) is 12.4 Å². The van der Waals surface area contributed by atoms with Crippen molar-refractivity contribution in [2.24, 2.45) is 0 Å². The van der Waals surface area contributed by atoms with Gasteiger partial charge in [0.15, 0.2) is 0 Å². The summed E-state index contributed by atoms with van der Waals surface area (Å²) in [5, 5.41) is 13.0. The lowest BCUT2D eigenvalue weighted by atomic mass is 9.96. The lowest BCUT2D eigenvalue weighted by Crippen LogP contribution is -2.10. The fourth-order valence-electron chi connectivity index (χ4n) is 2.58. The molecule has 2 rings (SSSR count). The molecule has 0 saturated heterocycles. The molecule has 2 aromatic rings. The third-order valence-corrected chi connectivity index (χ3v) is 4.64. The average Bonchev–Trinajstić information content (AvgIpc) is 2.66. The van der Waals surface area contributed by atoms with Crippen molar-refractivity contribution < 1.29 is 4.74 Å². The zero-order valence-corrected chi connectivity index (χ0v) is 16.9. The predicted octanol–water partition coefficient (Wildman–Crippen LogP) is 5.44. The van der Waals surface area contributed by atoms with Crippen molar-refractivity contribution in [3.63, 3.8) is 0 Å². The van der Waals surface area contributed by atoms with E-state index in [2.05, 4.69) is 53.1 Å². The highest BCUT2D eigenvalue weighted by atomic mass is 79.9. The number of nitrogens with one attached hydrogen (secondary N) is 2. The minimum absolute atomic E-state index is 0.215. The molecule has 4 heteroatoms. The van der Waals surface area contributed by atoms with Gasteiger partial charge in [-0.1, -0.05) is 60.0 Å². The topological polar surface area (TPSA) is 45.1 Å². The van der Waals surface area contributed by atoms with Crippen molar-refractivity contribution in [1.29, 1.82) is 5.41 Å². The lowest BCUT2D eigenvalue weighted by Gasteiger charge is -2.15. The molecule has 0 atom stereocenters. The Morgan fingerprint density at radius 1 is 1.23 bits per heavy atom. The summed E-state index contributed by atoms with van der Waals surface area (Å²) >= 11 is 3.44. The molecule has 2 N–H and O–H groups in total. The average molecular weight is 413 g/mol. The molecule has 0 aliphatic rings. The van der Waals surface area contributed by atoms with Crippen LogP contribution in [-0.2, 0) is 0 Å². The number of hydrogen-bond donors (Lipinski definition) is 2. The third kappa shape index (κ3) is 5.37. The molecule has 0 aliphatic heterocycles. The predicted molar refractivity (Wildman–Crippen MR) is 114 cm³/mol. The van der Waals surface area contributed by atoms with Crippen LogP contribution >= 0.6 is 15.9 Å².